The van der Waals surface area contributed by atoms with E-state index in [9.17, 15) is 0 Å². The molecular formula is C9H10ClN3OS. The zero-order chi connectivity index (χ0) is 10.7. The van der Waals surface area contributed by atoms with E-state index in [0.29, 0.717) is 18.5 Å². The van der Waals surface area contributed by atoms with Gasteiger partial charge in [-0.15, -0.1) is 28.0 Å². The SMILES string of the molecule is CC(Cl)c1nnc(NCc2cccs2)o1. The summed E-state index contributed by atoms with van der Waals surface area (Å²) in [5.41, 5.74) is 0. The fourth-order valence-corrected chi connectivity index (χ4v) is 1.78. The second kappa shape index (κ2) is 4.63. The summed E-state index contributed by atoms with van der Waals surface area (Å²) < 4.78 is 5.28. The lowest BCUT2D eigenvalue weighted by atomic mass is 10.5. The molecule has 0 aliphatic heterocycles. The van der Waals surface area contributed by atoms with Gasteiger partial charge in [-0.3, -0.25) is 0 Å². The molecule has 2 aromatic heterocycles. The molecule has 0 aromatic carbocycles. The number of hydrogen-bond donors (Lipinski definition) is 1. The molecule has 4 nitrogen and oxygen atoms in total. The van der Waals surface area contributed by atoms with Crippen molar-refractivity contribution in [3.63, 3.8) is 0 Å². The van der Waals surface area contributed by atoms with Crippen molar-refractivity contribution in [3.8, 4) is 0 Å². The summed E-state index contributed by atoms with van der Waals surface area (Å²) in [7, 11) is 0. The van der Waals surface area contributed by atoms with E-state index in [0.717, 1.165) is 0 Å². The Morgan fingerprint density at radius 2 is 2.47 bits per heavy atom. The second-order valence-electron chi connectivity index (χ2n) is 2.99. The van der Waals surface area contributed by atoms with Crippen LogP contribution in [0.1, 0.15) is 23.1 Å². The first kappa shape index (κ1) is 10.4. The lowest BCUT2D eigenvalue weighted by molar-refractivity contribution is 0.506. The third-order valence-electron chi connectivity index (χ3n) is 1.77. The van der Waals surface area contributed by atoms with Crippen molar-refractivity contribution < 1.29 is 4.42 Å². The monoisotopic (exact) mass is 243 g/mol. The number of hydrogen-bond acceptors (Lipinski definition) is 5. The molecule has 0 saturated heterocycles. The molecule has 1 unspecified atom stereocenters. The minimum atomic E-state index is -0.255. The second-order valence-corrected chi connectivity index (χ2v) is 4.68. The van der Waals surface area contributed by atoms with Crippen LogP contribution < -0.4 is 5.32 Å². The number of aromatic nitrogens is 2. The maximum Gasteiger partial charge on any atom is 0.315 e. The molecule has 1 N–H and O–H groups in total. The summed E-state index contributed by atoms with van der Waals surface area (Å²) in [4.78, 5) is 1.22. The van der Waals surface area contributed by atoms with Gasteiger partial charge >= 0.3 is 6.01 Å². The molecule has 0 fully saturated rings. The molecule has 0 aliphatic carbocycles. The Morgan fingerprint density at radius 3 is 3.07 bits per heavy atom. The summed E-state index contributed by atoms with van der Waals surface area (Å²) in [6.45, 7) is 2.48. The van der Waals surface area contributed by atoms with E-state index in [4.69, 9.17) is 16.0 Å². The van der Waals surface area contributed by atoms with Crippen LogP contribution in [0, 0.1) is 0 Å². The maximum absolute atomic E-state index is 5.79. The zero-order valence-corrected chi connectivity index (χ0v) is 9.68. The standard InChI is InChI=1S/C9H10ClN3OS/c1-6(10)8-12-13-9(14-8)11-5-7-3-2-4-15-7/h2-4,6H,5H2,1H3,(H,11,13). The lowest BCUT2D eigenvalue weighted by Crippen LogP contribution is -1.97. The molecule has 0 bridgehead atoms. The molecule has 2 aromatic rings. The number of rotatable bonds is 4. The number of thiophene rings is 1. The van der Waals surface area contributed by atoms with Crippen molar-refractivity contribution in [2.75, 3.05) is 5.32 Å². The highest BCUT2D eigenvalue weighted by molar-refractivity contribution is 7.09. The highest BCUT2D eigenvalue weighted by Crippen LogP contribution is 2.19. The van der Waals surface area contributed by atoms with Crippen molar-refractivity contribution in [2.45, 2.75) is 18.8 Å². The predicted molar refractivity (Wildman–Crippen MR) is 60.2 cm³/mol. The van der Waals surface area contributed by atoms with Gasteiger partial charge in [-0.05, 0) is 18.4 Å². The van der Waals surface area contributed by atoms with Gasteiger partial charge in [0.1, 0.15) is 5.38 Å². The van der Waals surface area contributed by atoms with Crippen molar-refractivity contribution in [3.05, 3.63) is 28.3 Å². The average molecular weight is 244 g/mol. The van der Waals surface area contributed by atoms with E-state index in [1.807, 2.05) is 17.5 Å². The number of alkyl halides is 1. The van der Waals surface area contributed by atoms with Crippen LogP contribution in [0.3, 0.4) is 0 Å². The quantitative estimate of drug-likeness (QED) is 0.839. The molecule has 80 valence electrons. The Hall–Kier alpha value is -1.07. The predicted octanol–water partition coefficient (Wildman–Crippen LogP) is 3.04. The van der Waals surface area contributed by atoms with Crippen LogP contribution in [0.5, 0.6) is 0 Å². The topological polar surface area (TPSA) is 51.0 Å². The van der Waals surface area contributed by atoms with Gasteiger partial charge in [0.05, 0.1) is 6.54 Å². The number of halogens is 1. The van der Waals surface area contributed by atoms with Gasteiger partial charge in [-0.25, -0.2) is 0 Å². The van der Waals surface area contributed by atoms with Crippen LogP contribution >= 0.6 is 22.9 Å². The highest BCUT2D eigenvalue weighted by Gasteiger charge is 2.10. The van der Waals surface area contributed by atoms with E-state index in [1.165, 1.54) is 4.88 Å². The van der Waals surface area contributed by atoms with E-state index in [-0.39, 0.29) is 5.38 Å². The molecule has 0 radical (unpaired) electrons. The number of nitrogens with one attached hydrogen (secondary N) is 1. The summed E-state index contributed by atoms with van der Waals surface area (Å²) in [5, 5.41) is 12.4. The van der Waals surface area contributed by atoms with Gasteiger partial charge in [0.25, 0.3) is 0 Å². The van der Waals surface area contributed by atoms with Crippen molar-refractivity contribution >= 4 is 29.0 Å². The van der Waals surface area contributed by atoms with Crippen LogP contribution in [0.4, 0.5) is 6.01 Å². The normalized spacial score (nSPS) is 12.7. The molecule has 6 heteroatoms. The fraction of sp³-hybridized carbons (Fsp3) is 0.333. The van der Waals surface area contributed by atoms with E-state index in [2.05, 4.69) is 15.5 Å². The van der Waals surface area contributed by atoms with E-state index in [1.54, 1.807) is 18.3 Å². The fourth-order valence-electron chi connectivity index (χ4n) is 1.04. The Bertz CT molecular complexity index is 413. The lowest BCUT2D eigenvalue weighted by Gasteiger charge is -1.97. The van der Waals surface area contributed by atoms with Gasteiger partial charge in [0, 0.05) is 4.88 Å². The molecule has 2 rings (SSSR count). The Morgan fingerprint density at radius 1 is 1.60 bits per heavy atom. The Labute approximate surface area is 96.3 Å². The van der Waals surface area contributed by atoms with Crippen LogP contribution in [-0.4, -0.2) is 10.2 Å². The van der Waals surface area contributed by atoms with Gasteiger partial charge < -0.3 is 9.73 Å². The first-order valence-electron chi connectivity index (χ1n) is 4.49. The molecule has 1 atom stereocenters. The first-order chi connectivity index (χ1) is 7.25. The third-order valence-corrected chi connectivity index (χ3v) is 2.84. The smallest absolute Gasteiger partial charge is 0.315 e. The molecular weight excluding hydrogens is 234 g/mol. The first-order valence-corrected chi connectivity index (χ1v) is 5.81. The summed E-state index contributed by atoms with van der Waals surface area (Å²) in [6.07, 6.45) is 0. The molecule has 0 aliphatic rings. The Balaban J connectivity index is 1.94. The van der Waals surface area contributed by atoms with E-state index >= 15 is 0 Å². The van der Waals surface area contributed by atoms with Crippen LogP contribution in [0.25, 0.3) is 0 Å². The third kappa shape index (κ3) is 2.70. The minimum Gasteiger partial charge on any atom is -0.406 e. The van der Waals surface area contributed by atoms with Crippen LogP contribution in [0.2, 0.25) is 0 Å². The Kier molecular flexibility index (Phi) is 3.23. The van der Waals surface area contributed by atoms with Crippen LogP contribution in [0.15, 0.2) is 21.9 Å². The molecule has 0 saturated carbocycles. The molecule has 2 heterocycles. The summed E-state index contributed by atoms with van der Waals surface area (Å²) >= 11 is 7.47. The molecule has 0 spiro atoms. The van der Waals surface area contributed by atoms with Gasteiger partial charge in [0.2, 0.25) is 5.89 Å². The van der Waals surface area contributed by atoms with Gasteiger partial charge in [-0.1, -0.05) is 11.2 Å². The average Bonchev–Trinajstić information content (AvgIpc) is 2.86. The van der Waals surface area contributed by atoms with Crippen molar-refractivity contribution in [1.29, 1.82) is 0 Å². The summed E-state index contributed by atoms with van der Waals surface area (Å²) in [5.74, 6) is 0.436. The highest BCUT2D eigenvalue weighted by atomic mass is 35.5. The molecule has 0 amide bonds. The molecule has 15 heavy (non-hydrogen) atoms. The van der Waals surface area contributed by atoms with Gasteiger partial charge in [-0.2, -0.15) is 0 Å². The minimum absolute atomic E-state index is 0.255. The van der Waals surface area contributed by atoms with Crippen molar-refractivity contribution in [1.82, 2.24) is 10.2 Å². The summed E-state index contributed by atoms with van der Waals surface area (Å²) in [6, 6.07) is 4.45. The zero-order valence-electron chi connectivity index (χ0n) is 8.11. The number of anilines is 1. The largest absolute Gasteiger partial charge is 0.406 e. The maximum atomic E-state index is 5.79. The van der Waals surface area contributed by atoms with Crippen LogP contribution in [-0.2, 0) is 6.54 Å². The van der Waals surface area contributed by atoms with E-state index < -0.39 is 0 Å². The van der Waals surface area contributed by atoms with Gasteiger partial charge in [0.15, 0.2) is 0 Å². The van der Waals surface area contributed by atoms with Crippen molar-refractivity contribution in [2.24, 2.45) is 0 Å². The number of nitrogens with zero attached hydrogens (tertiary/aromatic N) is 2.